The van der Waals surface area contributed by atoms with E-state index in [2.05, 4.69) is 10.6 Å². The van der Waals surface area contributed by atoms with Crippen molar-refractivity contribution in [2.75, 3.05) is 23.6 Å². The number of anilines is 1. The molecule has 1 atom stereocenters. The second kappa shape index (κ2) is 9.61. The summed E-state index contributed by atoms with van der Waals surface area (Å²) in [6, 6.07) is 15.0. The van der Waals surface area contributed by atoms with Crippen LogP contribution in [0.3, 0.4) is 0 Å². The maximum Gasteiger partial charge on any atom is 0.404 e. The van der Waals surface area contributed by atoms with E-state index in [0.717, 1.165) is 5.56 Å². The van der Waals surface area contributed by atoms with Gasteiger partial charge in [0.15, 0.2) is 5.75 Å². The summed E-state index contributed by atoms with van der Waals surface area (Å²) in [5.74, 6) is -2.55. The second-order valence-electron chi connectivity index (χ2n) is 8.30. The van der Waals surface area contributed by atoms with Gasteiger partial charge in [-0.3, -0.25) is 14.3 Å². The van der Waals surface area contributed by atoms with Crippen molar-refractivity contribution in [3.8, 4) is 0 Å². The average molecular weight is 509 g/mol. The molecule has 1 unspecified atom stereocenters. The number of nitrogens with zero attached hydrogens (tertiary/aromatic N) is 1. The Hall–Kier alpha value is -3.54. The number of carbonyl (C=O) groups excluding carboxylic acids is 2. The molecule has 186 valence electrons. The fourth-order valence-electron chi connectivity index (χ4n) is 4.13. The van der Waals surface area contributed by atoms with Gasteiger partial charge in [0.25, 0.3) is 5.91 Å². The maximum absolute atomic E-state index is 12.6. The molecule has 2 heterocycles. The monoisotopic (exact) mass is 508 g/mol. The number of sulfonamides is 1. The predicted molar refractivity (Wildman–Crippen MR) is 125 cm³/mol. The van der Waals surface area contributed by atoms with E-state index in [4.69, 9.17) is 0 Å². The number of aromatic nitrogens is 1. The van der Waals surface area contributed by atoms with E-state index in [-0.39, 0.29) is 42.2 Å². The van der Waals surface area contributed by atoms with Crippen molar-refractivity contribution in [3.63, 3.8) is 0 Å². The number of halogens is 3. The van der Waals surface area contributed by atoms with Gasteiger partial charge in [-0.1, -0.05) is 30.3 Å². The highest BCUT2D eigenvalue weighted by Crippen LogP contribution is 2.31. The zero-order valence-electron chi connectivity index (χ0n) is 18.4. The predicted octanol–water partition coefficient (Wildman–Crippen LogP) is 2.98. The molecule has 3 N–H and O–H groups in total. The molecular weight excluding hydrogens is 485 g/mol. The lowest BCUT2D eigenvalue weighted by atomic mass is 10.1. The molecule has 2 aromatic carbocycles. The summed E-state index contributed by atoms with van der Waals surface area (Å²) < 4.78 is 64.8. The van der Waals surface area contributed by atoms with Crippen molar-refractivity contribution >= 4 is 38.4 Å². The molecule has 3 aromatic rings. The van der Waals surface area contributed by atoms with Crippen LogP contribution >= 0.6 is 0 Å². The zero-order valence-corrected chi connectivity index (χ0v) is 19.2. The van der Waals surface area contributed by atoms with Gasteiger partial charge < -0.3 is 15.2 Å². The van der Waals surface area contributed by atoms with Gasteiger partial charge in [0, 0.05) is 36.1 Å². The van der Waals surface area contributed by atoms with Crippen molar-refractivity contribution in [1.29, 1.82) is 0 Å². The van der Waals surface area contributed by atoms with Crippen LogP contribution in [0.5, 0.6) is 0 Å². The van der Waals surface area contributed by atoms with E-state index < -0.39 is 22.0 Å². The second-order valence-corrected chi connectivity index (χ2v) is 10.0. The molecular formula is C23H23F3N4O4S. The van der Waals surface area contributed by atoms with Crippen LogP contribution in [0.4, 0.5) is 18.9 Å². The van der Waals surface area contributed by atoms with Crippen LogP contribution in [0, 0.1) is 0 Å². The topological polar surface area (TPSA) is 109 Å². The van der Waals surface area contributed by atoms with E-state index in [1.807, 2.05) is 35.1 Å². The number of fused-ring (bicyclic) bond motifs is 3. The molecule has 2 amide bonds. The molecule has 0 fully saturated rings. The van der Waals surface area contributed by atoms with Crippen molar-refractivity contribution < 1.29 is 31.2 Å². The molecule has 0 aliphatic carbocycles. The fraction of sp³-hybridized carbons (Fsp3) is 0.304. The minimum atomic E-state index is -4.88. The molecule has 0 bridgehead atoms. The summed E-state index contributed by atoms with van der Waals surface area (Å²) in [7, 11) is -4.64. The number of rotatable bonds is 8. The standard InChI is InChI=1S/C23H23F3N4O4S/c24-23(25,26)14-35(33,34)29-17-6-7-19-16(10-17)11-20-22(32)28-13-18(30(19)20)12-21(31)27-9-8-15-4-2-1-3-5-15/h1-7,10-11,18,29H,8-9,12-14H2,(H,27,31)(H,28,32). The first-order valence-electron chi connectivity index (χ1n) is 10.8. The van der Waals surface area contributed by atoms with E-state index >= 15 is 0 Å². The van der Waals surface area contributed by atoms with E-state index in [1.54, 1.807) is 4.57 Å². The number of benzene rings is 2. The van der Waals surface area contributed by atoms with Gasteiger partial charge in [-0.15, -0.1) is 0 Å². The highest BCUT2D eigenvalue weighted by Gasteiger charge is 2.35. The third-order valence-corrected chi connectivity index (χ3v) is 6.82. The Kier molecular flexibility index (Phi) is 6.75. The summed E-state index contributed by atoms with van der Waals surface area (Å²) >= 11 is 0. The third-order valence-electron chi connectivity index (χ3n) is 5.56. The summed E-state index contributed by atoms with van der Waals surface area (Å²) in [6.45, 7) is 0.685. The van der Waals surface area contributed by atoms with Crippen molar-refractivity contribution in [1.82, 2.24) is 15.2 Å². The lowest BCUT2D eigenvalue weighted by Gasteiger charge is -2.27. The Morgan fingerprint density at radius 3 is 2.57 bits per heavy atom. The summed E-state index contributed by atoms with van der Waals surface area (Å²) in [4.78, 5) is 25.0. The van der Waals surface area contributed by atoms with Crippen LogP contribution in [-0.4, -0.2) is 49.8 Å². The van der Waals surface area contributed by atoms with Gasteiger partial charge in [-0.05, 0) is 36.2 Å². The van der Waals surface area contributed by atoms with E-state index in [9.17, 15) is 31.2 Å². The molecule has 12 heteroatoms. The number of carbonyl (C=O) groups is 2. The number of nitrogens with one attached hydrogen (secondary N) is 3. The first-order chi connectivity index (χ1) is 16.5. The first kappa shape index (κ1) is 24.6. The maximum atomic E-state index is 12.6. The SMILES string of the molecule is O=C(CC1CNC(=O)c2cc3cc(NS(=O)(=O)CC(F)(F)F)ccc3n21)NCCc1ccccc1. The number of amides is 2. The molecule has 1 aliphatic heterocycles. The fourth-order valence-corrected chi connectivity index (χ4v) is 5.12. The smallest absolute Gasteiger partial charge is 0.356 e. The Bertz CT molecular complexity index is 1350. The van der Waals surface area contributed by atoms with Crippen molar-refractivity contribution in [2.45, 2.75) is 25.1 Å². The van der Waals surface area contributed by atoms with Gasteiger partial charge in [-0.25, -0.2) is 8.42 Å². The molecule has 8 nitrogen and oxygen atoms in total. The Labute approximate surface area is 199 Å². The Balaban J connectivity index is 1.49. The first-order valence-corrected chi connectivity index (χ1v) is 12.5. The van der Waals surface area contributed by atoms with Crippen LogP contribution in [0.1, 0.15) is 28.5 Å². The Morgan fingerprint density at radius 1 is 1.11 bits per heavy atom. The molecule has 0 saturated carbocycles. The quantitative estimate of drug-likeness (QED) is 0.435. The van der Waals surface area contributed by atoms with Crippen LogP contribution in [0.25, 0.3) is 10.9 Å². The molecule has 0 saturated heterocycles. The zero-order chi connectivity index (χ0) is 25.2. The van der Waals surface area contributed by atoms with Crippen LogP contribution in [0.2, 0.25) is 0 Å². The van der Waals surface area contributed by atoms with Crippen LogP contribution < -0.4 is 15.4 Å². The number of hydrogen-bond acceptors (Lipinski definition) is 4. The lowest BCUT2D eigenvalue weighted by molar-refractivity contribution is -0.121. The summed E-state index contributed by atoms with van der Waals surface area (Å²) in [6.07, 6.45) is -4.09. The molecule has 1 aliphatic rings. The van der Waals surface area contributed by atoms with Crippen molar-refractivity contribution in [3.05, 3.63) is 65.9 Å². The molecule has 1 aromatic heterocycles. The Morgan fingerprint density at radius 2 is 1.86 bits per heavy atom. The number of alkyl halides is 3. The van der Waals surface area contributed by atoms with Crippen LogP contribution in [0.15, 0.2) is 54.6 Å². The normalized spacial score (nSPS) is 16.0. The van der Waals surface area contributed by atoms with Gasteiger partial charge in [0.2, 0.25) is 15.9 Å². The van der Waals surface area contributed by atoms with Gasteiger partial charge in [0.05, 0.1) is 6.04 Å². The minimum Gasteiger partial charge on any atom is -0.356 e. The molecule has 0 radical (unpaired) electrons. The largest absolute Gasteiger partial charge is 0.404 e. The third kappa shape index (κ3) is 6.13. The number of hydrogen-bond donors (Lipinski definition) is 3. The van der Waals surface area contributed by atoms with Gasteiger partial charge in [-0.2, -0.15) is 13.2 Å². The van der Waals surface area contributed by atoms with Gasteiger partial charge in [0.1, 0.15) is 5.69 Å². The molecule has 4 rings (SSSR count). The summed E-state index contributed by atoms with van der Waals surface area (Å²) in [5, 5.41) is 6.08. The van der Waals surface area contributed by atoms with E-state index in [0.29, 0.717) is 23.9 Å². The molecule has 0 spiro atoms. The molecule has 35 heavy (non-hydrogen) atoms. The summed E-state index contributed by atoms with van der Waals surface area (Å²) in [5.41, 5.74) is 1.89. The van der Waals surface area contributed by atoms with Gasteiger partial charge >= 0.3 is 6.18 Å². The minimum absolute atomic E-state index is 0.0553. The highest BCUT2D eigenvalue weighted by molar-refractivity contribution is 7.92. The van der Waals surface area contributed by atoms with E-state index in [1.165, 1.54) is 24.3 Å². The highest BCUT2D eigenvalue weighted by atomic mass is 32.2. The average Bonchev–Trinajstić information content (AvgIpc) is 3.14. The van der Waals surface area contributed by atoms with Crippen molar-refractivity contribution in [2.24, 2.45) is 0 Å². The van der Waals surface area contributed by atoms with Crippen LogP contribution in [-0.2, 0) is 21.2 Å². The lowest BCUT2D eigenvalue weighted by Crippen LogP contribution is -2.41.